The Morgan fingerprint density at radius 2 is 2.22 bits per heavy atom. The van der Waals surface area contributed by atoms with E-state index in [4.69, 9.17) is 25.5 Å². The second kappa shape index (κ2) is 8.93. The zero-order chi connectivity index (χ0) is 17.5. The first kappa shape index (κ1) is 19.5. The fourth-order valence-corrected chi connectivity index (χ4v) is 2.68. The van der Waals surface area contributed by atoms with Gasteiger partial charge in [-0.05, 0) is 37.5 Å². The van der Waals surface area contributed by atoms with Gasteiger partial charge < -0.3 is 30.4 Å². The van der Waals surface area contributed by atoms with Gasteiger partial charge in [0, 0.05) is 20.2 Å². The molecule has 0 radical (unpaired) electrons. The standard InChI is InChI=1S/C15H29N3O5/c1-15(2,8-6-9-18(3)14(19)20)12(13(16)17-21)23-11-7-4-5-10-22-11/h11-12,21H,4-10H2,1-3H3,(H2,16,17)(H,19,20). The van der Waals surface area contributed by atoms with E-state index in [0.717, 1.165) is 19.3 Å². The van der Waals surface area contributed by atoms with Gasteiger partial charge in [0.05, 0.1) is 0 Å². The molecule has 0 aromatic rings. The van der Waals surface area contributed by atoms with Gasteiger partial charge in [-0.25, -0.2) is 4.79 Å². The van der Waals surface area contributed by atoms with Crippen molar-refractivity contribution in [3.8, 4) is 0 Å². The molecule has 0 bridgehead atoms. The highest BCUT2D eigenvalue weighted by Gasteiger charge is 2.36. The Kier molecular flexibility index (Phi) is 7.57. The molecule has 0 aromatic heterocycles. The van der Waals surface area contributed by atoms with Crippen LogP contribution in [0, 0.1) is 5.41 Å². The van der Waals surface area contributed by atoms with Gasteiger partial charge in [-0.1, -0.05) is 19.0 Å². The quantitative estimate of drug-likeness (QED) is 0.271. The van der Waals surface area contributed by atoms with Crippen molar-refractivity contribution in [2.24, 2.45) is 16.3 Å². The monoisotopic (exact) mass is 331 g/mol. The molecule has 23 heavy (non-hydrogen) atoms. The Morgan fingerprint density at radius 1 is 1.52 bits per heavy atom. The SMILES string of the molecule is CN(CCCC(C)(C)C(OC1CCCCO1)C(N)=NO)C(=O)O. The first-order valence-electron chi connectivity index (χ1n) is 7.96. The van der Waals surface area contributed by atoms with Crippen LogP contribution in [-0.2, 0) is 9.47 Å². The molecule has 8 nitrogen and oxygen atoms in total. The van der Waals surface area contributed by atoms with E-state index in [2.05, 4.69) is 5.16 Å². The lowest BCUT2D eigenvalue weighted by Gasteiger charge is -2.37. The lowest BCUT2D eigenvalue weighted by atomic mass is 9.81. The second-order valence-electron chi connectivity index (χ2n) is 6.63. The van der Waals surface area contributed by atoms with Crippen molar-refractivity contribution in [1.82, 2.24) is 4.90 Å². The summed E-state index contributed by atoms with van der Waals surface area (Å²) in [6.07, 6.45) is 2.24. The van der Waals surface area contributed by atoms with Crippen molar-refractivity contribution in [2.75, 3.05) is 20.2 Å². The zero-order valence-electron chi connectivity index (χ0n) is 14.2. The molecule has 1 rings (SSSR count). The van der Waals surface area contributed by atoms with E-state index in [0.29, 0.717) is 26.0 Å². The summed E-state index contributed by atoms with van der Waals surface area (Å²) in [7, 11) is 1.53. The van der Waals surface area contributed by atoms with E-state index in [9.17, 15) is 4.79 Å². The third-order valence-electron chi connectivity index (χ3n) is 4.16. The van der Waals surface area contributed by atoms with Gasteiger partial charge >= 0.3 is 6.09 Å². The van der Waals surface area contributed by atoms with Crippen LogP contribution in [0.3, 0.4) is 0 Å². The van der Waals surface area contributed by atoms with Crippen molar-refractivity contribution in [1.29, 1.82) is 0 Å². The number of rotatable bonds is 8. The third kappa shape index (κ3) is 6.23. The van der Waals surface area contributed by atoms with Crippen LogP contribution in [0.5, 0.6) is 0 Å². The molecule has 1 aliphatic rings. The van der Waals surface area contributed by atoms with Gasteiger partial charge in [0.15, 0.2) is 12.1 Å². The average Bonchev–Trinajstić information content (AvgIpc) is 2.52. The highest BCUT2D eigenvalue weighted by molar-refractivity contribution is 5.85. The Hall–Kier alpha value is -1.54. The van der Waals surface area contributed by atoms with E-state index in [1.165, 1.54) is 11.9 Å². The van der Waals surface area contributed by atoms with Gasteiger partial charge in [0.1, 0.15) is 6.10 Å². The Bertz CT molecular complexity index is 408. The first-order valence-corrected chi connectivity index (χ1v) is 7.96. The predicted molar refractivity (Wildman–Crippen MR) is 85.5 cm³/mol. The highest BCUT2D eigenvalue weighted by atomic mass is 16.7. The number of carboxylic acid groups (broad SMARTS) is 1. The number of nitrogens with two attached hydrogens (primary N) is 1. The number of carbonyl (C=O) groups is 1. The van der Waals surface area contributed by atoms with E-state index in [1.54, 1.807) is 0 Å². The lowest BCUT2D eigenvalue weighted by molar-refractivity contribution is -0.193. The molecular weight excluding hydrogens is 302 g/mol. The number of hydrogen-bond acceptors (Lipinski definition) is 5. The van der Waals surface area contributed by atoms with Crippen LogP contribution in [-0.4, -0.2) is 59.7 Å². The smallest absolute Gasteiger partial charge is 0.407 e. The summed E-state index contributed by atoms with van der Waals surface area (Å²) >= 11 is 0. The van der Waals surface area contributed by atoms with Crippen LogP contribution in [0.4, 0.5) is 4.79 Å². The van der Waals surface area contributed by atoms with Gasteiger partial charge in [-0.3, -0.25) is 0 Å². The minimum absolute atomic E-state index is 0.00997. The summed E-state index contributed by atoms with van der Waals surface area (Å²) < 4.78 is 11.5. The van der Waals surface area contributed by atoms with Gasteiger partial charge in [0.25, 0.3) is 0 Å². The zero-order valence-corrected chi connectivity index (χ0v) is 14.2. The predicted octanol–water partition coefficient (Wildman–Crippen LogP) is 2.06. The van der Waals surface area contributed by atoms with Crippen LogP contribution in [0.15, 0.2) is 5.16 Å². The van der Waals surface area contributed by atoms with Crippen molar-refractivity contribution in [3.05, 3.63) is 0 Å². The number of nitrogens with zero attached hydrogens (tertiary/aromatic N) is 2. The van der Waals surface area contributed by atoms with Crippen molar-refractivity contribution in [3.63, 3.8) is 0 Å². The van der Waals surface area contributed by atoms with E-state index in [-0.39, 0.29) is 12.1 Å². The minimum atomic E-state index is -0.956. The first-order chi connectivity index (χ1) is 10.8. The Labute approximate surface area is 137 Å². The van der Waals surface area contributed by atoms with Gasteiger partial charge in [-0.15, -0.1) is 0 Å². The highest BCUT2D eigenvalue weighted by Crippen LogP contribution is 2.32. The Balaban J connectivity index is 2.65. The molecule has 1 amide bonds. The van der Waals surface area contributed by atoms with E-state index in [1.807, 2.05) is 13.8 Å². The molecule has 1 aliphatic heterocycles. The molecule has 4 N–H and O–H groups in total. The van der Waals surface area contributed by atoms with Crippen LogP contribution < -0.4 is 5.73 Å². The molecule has 0 spiro atoms. The van der Waals surface area contributed by atoms with Crippen LogP contribution in [0.25, 0.3) is 0 Å². The summed E-state index contributed by atoms with van der Waals surface area (Å²) in [5.74, 6) is 0.00997. The molecule has 1 fully saturated rings. The van der Waals surface area contributed by atoms with Crippen LogP contribution >= 0.6 is 0 Å². The summed E-state index contributed by atoms with van der Waals surface area (Å²) in [6.45, 7) is 4.98. The topological polar surface area (TPSA) is 118 Å². The maximum absolute atomic E-state index is 10.8. The van der Waals surface area contributed by atoms with E-state index >= 15 is 0 Å². The fourth-order valence-electron chi connectivity index (χ4n) is 2.68. The third-order valence-corrected chi connectivity index (χ3v) is 4.16. The minimum Gasteiger partial charge on any atom is -0.465 e. The van der Waals surface area contributed by atoms with Crippen molar-refractivity contribution >= 4 is 11.9 Å². The maximum Gasteiger partial charge on any atom is 0.407 e. The number of oxime groups is 1. The molecule has 134 valence electrons. The summed E-state index contributed by atoms with van der Waals surface area (Å²) in [4.78, 5) is 12.1. The molecule has 0 aromatic carbocycles. The molecule has 0 saturated carbocycles. The Morgan fingerprint density at radius 3 is 2.74 bits per heavy atom. The summed E-state index contributed by atoms with van der Waals surface area (Å²) in [6, 6.07) is 0. The average molecular weight is 331 g/mol. The molecular formula is C15H29N3O5. The number of ether oxygens (including phenoxy) is 2. The molecule has 2 unspecified atom stereocenters. The lowest BCUT2D eigenvalue weighted by Crippen LogP contribution is -2.46. The largest absolute Gasteiger partial charge is 0.465 e. The summed E-state index contributed by atoms with van der Waals surface area (Å²) in [5.41, 5.74) is 5.40. The number of amidine groups is 1. The molecule has 1 saturated heterocycles. The van der Waals surface area contributed by atoms with Crippen LogP contribution in [0.1, 0.15) is 46.0 Å². The van der Waals surface area contributed by atoms with Gasteiger partial charge in [-0.2, -0.15) is 0 Å². The molecule has 2 atom stereocenters. The van der Waals surface area contributed by atoms with E-state index < -0.39 is 17.6 Å². The maximum atomic E-state index is 10.8. The number of amides is 1. The van der Waals surface area contributed by atoms with Crippen molar-refractivity contribution < 1.29 is 24.6 Å². The molecule has 8 heteroatoms. The van der Waals surface area contributed by atoms with Gasteiger partial charge in [0.2, 0.25) is 0 Å². The summed E-state index contributed by atoms with van der Waals surface area (Å²) in [5, 5.41) is 21.0. The fraction of sp³-hybridized carbons (Fsp3) is 0.867. The molecule has 1 heterocycles. The molecule has 0 aliphatic carbocycles. The number of hydrogen-bond donors (Lipinski definition) is 3. The normalized spacial score (nSPS) is 21.0. The second-order valence-corrected chi connectivity index (χ2v) is 6.63. The van der Waals surface area contributed by atoms with Crippen LogP contribution in [0.2, 0.25) is 0 Å². The van der Waals surface area contributed by atoms with Crippen molar-refractivity contribution in [2.45, 2.75) is 58.3 Å².